The molecule has 1 aromatic carbocycles. The van der Waals surface area contributed by atoms with E-state index in [0.29, 0.717) is 5.39 Å². The summed E-state index contributed by atoms with van der Waals surface area (Å²) >= 11 is 0. The molecule has 1 atom stereocenters. The van der Waals surface area contributed by atoms with Gasteiger partial charge in [0.2, 0.25) is 0 Å². The van der Waals surface area contributed by atoms with Crippen LogP contribution in [-0.4, -0.2) is 21.0 Å². The molecule has 0 aliphatic rings. The van der Waals surface area contributed by atoms with Gasteiger partial charge in [-0.3, -0.25) is 4.79 Å². The first-order chi connectivity index (χ1) is 7.18. The largest absolute Gasteiger partial charge is 0.391 e. The second kappa shape index (κ2) is 3.82. The summed E-state index contributed by atoms with van der Waals surface area (Å²) < 4.78 is 1.28. The van der Waals surface area contributed by atoms with E-state index in [9.17, 15) is 9.90 Å². The molecule has 2 aromatic rings. The van der Waals surface area contributed by atoms with Crippen LogP contribution in [0.2, 0.25) is 0 Å². The lowest BCUT2D eigenvalue weighted by Gasteiger charge is -2.07. The van der Waals surface area contributed by atoms with Gasteiger partial charge in [0.15, 0.2) is 0 Å². The van der Waals surface area contributed by atoms with E-state index in [1.807, 2.05) is 18.2 Å². The average Bonchev–Trinajstić information content (AvgIpc) is 2.22. The van der Waals surface area contributed by atoms with E-state index in [1.54, 1.807) is 19.2 Å². The fourth-order valence-corrected chi connectivity index (χ4v) is 1.51. The minimum absolute atomic E-state index is 0.158. The molecule has 4 nitrogen and oxygen atoms in total. The van der Waals surface area contributed by atoms with Crippen molar-refractivity contribution in [3.8, 4) is 0 Å². The Balaban J connectivity index is 2.60. The smallest absolute Gasteiger partial charge is 0.274 e. The van der Waals surface area contributed by atoms with Crippen molar-refractivity contribution in [3.63, 3.8) is 0 Å². The summed E-state index contributed by atoms with van der Waals surface area (Å²) in [6, 6.07) is 7.28. The van der Waals surface area contributed by atoms with Gasteiger partial charge in [-0.05, 0) is 13.0 Å². The first-order valence-corrected chi connectivity index (χ1v) is 4.81. The quantitative estimate of drug-likeness (QED) is 0.786. The molecule has 0 saturated heterocycles. The van der Waals surface area contributed by atoms with E-state index in [1.165, 1.54) is 4.68 Å². The van der Waals surface area contributed by atoms with Crippen LogP contribution in [0.3, 0.4) is 0 Å². The molecular formula is C11H12N2O2. The molecule has 2 rings (SSSR count). The van der Waals surface area contributed by atoms with Crippen molar-refractivity contribution in [2.75, 3.05) is 0 Å². The zero-order valence-corrected chi connectivity index (χ0v) is 8.42. The van der Waals surface area contributed by atoms with Crippen LogP contribution in [0.15, 0.2) is 35.3 Å². The second-order valence-electron chi connectivity index (χ2n) is 3.57. The van der Waals surface area contributed by atoms with Gasteiger partial charge in [-0.1, -0.05) is 18.2 Å². The minimum Gasteiger partial charge on any atom is -0.391 e. The Labute approximate surface area is 86.8 Å². The van der Waals surface area contributed by atoms with Crippen LogP contribution in [0.5, 0.6) is 0 Å². The van der Waals surface area contributed by atoms with Crippen molar-refractivity contribution in [1.29, 1.82) is 0 Å². The summed E-state index contributed by atoms with van der Waals surface area (Å²) in [7, 11) is 0. The Kier molecular flexibility index (Phi) is 2.51. The lowest BCUT2D eigenvalue weighted by atomic mass is 10.2. The van der Waals surface area contributed by atoms with Gasteiger partial charge < -0.3 is 5.11 Å². The van der Waals surface area contributed by atoms with Crippen LogP contribution in [0.4, 0.5) is 0 Å². The molecule has 0 spiro atoms. The highest BCUT2D eigenvalue weighted by molar-refractivity contribution is 5.80. The van der Waals surface area contributed by atoms with Gasteiger partial charge in [0.05, 0.1) is 24.2 Å². The van der Waals surface area contributed by atoms with E-state index in [4.69, 9.17) is 0 Å². The summed E-state index contributed by atoms with van der Waals surface area (Å²) in [4.78, 5) is 11.9. The predicted octanol–water partition coefficient (Wildman–Crippen LogP) is 0.777. The molecule has 0 amide bonds. The van der Waals surface area contributed by atoms with E-state index in [0.717, 1.165) is 5.39 Å². The van der Waals surface area contributed by atoms with Crippen LogP contribution >= 0.6 is 0 Å². The highest BCUT2D eigenvalue weighted by Gasteiger charge is 2.05. The topological polar surface area (TPSA) is 55.1 Å². The molecule has 1 aromatic heterocycles. The Bertz CT molecular complexity index is 531. The van der Waals surface area contributed by atoms with E-state index in [-0.39, 0.29) is 12.1 Å². The molecule has 4 heteroatoms. The summed E-state index contributed by atoms with van der Waals surface area (Å²) in [6.45, 7) is 1.85. The normalized spacial score (nSPS) is 12.9. The molecule has 0 saturated carbocycles. The number of aliphatic hydroxyl groups is 1. The third-order valence-corrected chi connectivity index (χ3v) is 2.20. The van der Waals surface area contributed by atoms with Crippen molar-refractivity contribution < 1.29 is 5.11 Å². The molecule has 15 heavy (non-hydrogen) atoms. The fourth-order valence-electron chi connectivity index (χ4n) is 1.51. The number of nitrogens with zero attached hydrogens (tertiary/aromatic N) is 2. The van der Waals surface area contributed by atoms with Crippen LogP contribution in [0, 0.1) is 0 Å². The van der Waals surface area contributed by atoms with Gasteiger partial charge >= 0.3 is 0 Å². The molecule has 1 N–H and O–H groups in total. The van der Waals surface area contributed by atoms with Gasteiger partial charge in [0, 0.05) is 5.39 Å². The molecule has 78 valence electrons. The predicted molar refractivity (Wildman–Crippen MR) is 57.7 cm³/mol. The highest BCUT2D eigenvalue weighted by atomic mass is 16.3. The lowest BCUT2D eigenvalue weighted by molar-refractivity contribution is 0.166. The van der Waals surface area contributed by atoms with Crippen molar-refractivity contribution >= 4 is 10.8 Å². The van der Waals surface area contributed by atoms with Crippen molar-refractivity contribution in [2.24, 2.45) is 0 Å². The molecule has 0 bridgehead atoms. The Morgan fingerprint density at radius 2 is 2.20 bits per heavy atom. The Morgan fingerprint density at radius 1 is 1.47 bits per heavy atom. The van der Waals surface area contributed by atoms with Crippen molar-refractivity contribution in [1.82, 2.24) is 9.78 Å². The maximum Gasteiger partial charge on any atom is 0.274 e. The van der Waals surface area contributed by atoms with E-state index < -0.39 is 6.10 Å². The Hall–Kier alpha value is -1.68. The van der Waals surface area contributed by atoms with E-state index in [2.05, 4.69) is 5.10 Å². The SMILES string of the molecule is CC(O)Cn1ncc2ccccc2c1=O. The number of hydrogen-bond acceptors (Lipinski definition) is 3. The molecular weight excluding hydrogens is 192 g/mol. The number of hydrogen-bond donors (Lipinski definition) is 1. The lowest BCUT2D eigenvalue weighted by Crippen LogP contribution is -2.27. The molecule has 0 aliphatic carbocycles. The average molecular weight is 204 g/mol. The monoisotopic (exact) mass is 204 g/mol. The van der Waals surface area contributed by atoms with E-state index >= 15 is 0 Å². The van der Waals surface area contributed by atoms with Crippen LogP contribution < -0.4 is 5.56 Å². The zero-order valence-electron chi connectivity index (χ0n) is 8.42. The standard InChI is InChI=1S/C11H12N2O2/c1-8(14)7-13-11(15)10-5-3-2-4-9(10)6-12-13/h2-6,8,14H,7H2,1H3. The summed E-state index contributed by atoms with van der Waals surface area (Å²) in [5, 5.41) is 14.6. The van der Waals surface area contributed by atoms with Gasteiger partial charge in [-0.25, -0.2) is 4.68 Å². The number of aliphatic hydroxyl groups excluding tert-OH is 1. The third kappa shape index (κ3) is 1.89. The number of rotatable bonds is 2. The number of fused-ring (bicyclic) bond motifs is 1. The van der Waals surface area contributed by atoms with Gasteiger partial charge in [0.25, 0.3) is 5.56 Å². The maximum atomic E-state index is 11.9. The minimum atomic E-state index is -0.573. The van der Waals surface area contributed by atoms with Crippen LogP contribution in [0.25, 0.3) is 10.8 Å². The highest BCUT2D eigenvalue weighted by Crippen LogP contribution is 2.06. The Morgan fingerprint density at radius 3 is 2.93 bits per heavy atom. The fraction of sp³-hybridized carbons (Fsp3) is 0.273. The summed E-state index contributed by atoms with van der Waals surface area (Å²) in [6.07, 6.45) is 1.07. The van der Waals surface area contributed by atoms with Gasteiger partial charge in [0.1, 0.15) is 0 Å². The summed E-state index contributed by atoms with van der Waals surface area (Å²) in [5.74, 6) is 0. The first-order valence-electron chi connectivity index (χ1n) is 4.81. The number of aromatic nitrogens is 2. The molecule has 0 radical (unpaired) electrons. The third-order valence-electron chi connectivity index (χ3n) is 2.20. The number of benzene rings is 1. The first kappa shape index (κ1) is 9.86. The van der Waals surface area contributed by atoms with Crippen LogP contribution in [-0.2, 0) is 6.54 Å². The van der Waals surface area contributed by atoms with Gasteiger partial charge in [-0.2, -0.15) is 5.10 Å². The zero-order chi connectivity index (χ0) is 10.8. The van der Waals surface area contributed by atoms with Gasteiger partial charge in [-0.15, -0.1) is 0 Å². The van der Waals surface area contributed by atoms with Crippen molar-refractivity contribution in [3.05, 3.63) is 40.8 Å². The molecule has 0 aliphatic heterocycles. The molecule has 1 unspecified atom stereocenters. The summed E-state index contributed by atoms with van der Waals surface area (Å²) in [5.41, 5.74) is -0.158. The maximum absolute atomic E-state index is 11.9. The second-order valence-corrected chi connectivity index (χ2v) is 3.57. The molecule has 0 fully saturated rings. The van der Waals surface area contributed by atoms with Crippen molar-refractivity contribution in [2.45, 2.75) is 19.6 Å². The van der Waals surface area contributed by atoms with Crippen LogP contribution in [0.1, 0.15) is 6.92 Å². The molecule has 1 heterocycles.